The summed E-state index contributed by atoms with van der Waals surface area (Å²) in [5, 5.41) is 17.6. The average molecular weight is 395 g/mol. The summed E-state index contributed by atoms with van der Waals surface area (Å²) in [7, 11) is 1.51. The zero-order valence-corrected chi connectivity index (χ0v) is 17.2. The number of quaternary nitrogens is 1. The number of likely N-dealkylation sites (N-methyl/N-ethyl adjacent to an activating group) is 1. The molecule has 8 nitrogen and oxygen atoms in total. The number of hydrogen-bond acceptors (Lipinski definition) is 4. The number of carbonyl (C=O) groups is 3. The first-order valence-electron chi connectivity index (χ1n) is 8.97. The molecule has 4 atom stereocenters. The molecule has 0 rings (SSSR count). The van der Waals surface area contributed by atoms with Crippen molar-refractivity contribution in [2.45, 2.75) is 77.6 Å². The molecular formula is C17H35ClN4O4. The molecule has 7 N–H and O–H groups in total. The summed E-state index contributed by atoms with van der Waals surface area (Å²) < 4.78 is 0. The number of unbranched alkanes of at least 4 members (excludes halogenated alkanes) is 1. The Kier molecular flexibility index (Phi) is 14.2. The maximum absolute atomic E-state index is 12.3. The van der Waals surface area contributed by atoms with Crippen molar-refractivity contribution in [2.75, 3.05) is 7.05 Å². The number of aliphatic hydroxyl groups is 1. The van der Waals surface area contributed by atoms with Gasteiger partial charge in [0, 0.05) is 13.5 Å². The summed E-state index contributed by atoms with van der Waals surface area (Å²) >= 11 is 0. The Morgan fingerprint density at radius 2 is 1.62 bits per heavy atom. The molecule has 0 aromatic rings. The Hall–Kier alpha value is -1.38. The minimum atomic E-state index is -1.26. The highest BCUT2D eigenvalue weighted by atomic mass is 35.5. The van der Waals surface area contributed by atoms with Crippen LogP contribution in [-0.2, 0) is 14.4 Å². The lowest BCUT2D eigenvalue weighted by molar-refractivity contribution is -0.434. The van der Waals surface area contributed by atoms with E-state index in [0.717, 1.165) is 12.8 Å². The SMILES string of the molecule is CCCC[C@@H]([NH3+])[C@H](O)C(=O)N[C@@H](C)C(=O)N[C@@H](CC(C)C)C(=O)NC.[Cl-]. The van der Waals surface area contributed by atoms with Crippen LogP contribution in [0.4, 0.5) is 0 Å². The van der Waals surface area contributed by atoms with Crippen LogP contribution in [0.25, 0.3) is 0 Å². The normalized spacial score (nSPS) is 15.2. The van der Waals surface area contributed by atoms with Gasteiger partial charge in [0.2, 0.25) is 11.8 Å². The molecule has 9 heteroatoms. The van der Waals surface area contributed by atoms with Crippen molar-refractivity contribution in [1.82, 2.24) is 16.0 Å². The van der Waals surface area contributed by atoms with E-state index in [2.05, 4.69) is 21.7 Å². The molecule has 0 bridgehead atoms. The van der Waals surface area contributed by atoms with Gasteiger partial charge in [0.05, 0.1) is 0 Å². The van der Waals surface area contributed by atoms with Crippen LogP contribution < -0.4 is 34.1 Å². The van der Waals surface area contributed by atoms with Crippen LogP contribution in [0.5, 0.6) is 0 Å². The fraction of sp³-hybridized carbons (Fsp3) is 0.824. The van der Waals surface area contributed by atoms with Crippen LogP contribution in [0.3, 0.4) is 0 Å². The van der Waals surface area contributed by atoms with E-state index in [1.165, 1.54) is 14.0 Å². The predicted octanol–water partition coefficient (Wildman–Crippen LogP) is -4.07. The van der Waals surface area contributed by atoms with Crippen LogP contribution in [0, 0.1) is 5.92 Å². The van der Waals surface area contributed by atoms with Crippen molar-refractivity contribution in [2.24, 2.45) is 5.92 Å². The molecule has 3 amide bonds. The Bertz CT molecular complexity index is 448. The van der Waals surface area contributed by atoms with Gasteiger partial charge in [0.1, 0.15) is 18.1 Å². The van der Waals surface area contributed by atoms with E-state index >= 15 is 0 Å². The fourth-order valence-electron chi connectivity index (χ4n) is 2.38. The predicted molar refractivity (Wildman–Crippen MR) is 95.3 cm³/mol. The molecule has 0 aromatic heterocycles. The number of hydrogen-bond donors (Lipinski definition) is 5. The molecule has 0 spiro atoms. The van der Waals surface area contributed by atoms with Crippen molar-refractivity contribution < 1.29 is 37.6 Å². The summed E-state index contributed by atoms with van der Waals surface area (Å²) in [4.78, 5) is 36.2. The minimum absolute atomic E-state index is 0. The largest absolute Gasteiger partial charge is 1.00 e. The number of rotatable bonds is 11. The molecule has 154 valence electrons. The van der Waals surface area contributed by atoms with Crippen molar-refractivity contribution in [3.05, 3.63) is 0 Å². The minimum Gasteiger partial charge on any atom is -1.00 e. The Morgan fingerprint density at radius 3 is 2.08 bits per heavy atom. The topological polar surface area (TPSA) is 135 Å². The molecule has 0 unspecified atom stereocenters. The highest BCUT2D eigenvalue weighted by molar-refractivity contribution is 5.92. The van der Waals surface area contributed by atoms with E-state index in [9.17, 15) is 19.5 Å². The second-order valence-electron chi connectivity index (χ2n) is 6.88. The first-order chi connectivity index (χ1) is 11.6. The van der Waals surface area contributed by atoms with Crippen LogP contribution in [0.15, 0.2) is 0 Å². The molecule has 0 fully saturated rings. The van der Waals surface area contributed by atoms with Gasteiger partial charge >= 0.3 is 0 Å². The van der Waals surface area contributed by atoms with Gasteiger partial charge in [-0.1, -0.05) is 27.2 Å². The molecule has 0 aliphatic carbocycles. The van der Waals surface area contributed by atoms with Gasteiger partial charge in [-0.2, -0.15) is 0 Å². The molecule has 0 aliphatic heterocycles. The second kappa shape index (κ2) is 13.8. The van der Waals surface area contributed by atoms with E-state index in [1.807, 2.05) is 20.8 Å². The lowest BCUT2D eigenvalue weighted by Gasteiger charge is -2.23. The fourth-order valence-corrected chi connectivity index (χ4v) is 2.38. The quantitative estimate of drug-likeness (QED) is 0.243. The van der Waals surface area contributed by atoms with Gasteiger partial charge < -0.3 is 39.2 Å². The number of nitrogens with one attached hydrogen (secondary N) is 3. The highest BCUT2D eigenvalue weighted by Crippen LogP contribution is 2.06. The average Bonchev–Trinajstić information content (AvgIpc) is 2.56. The van der Waals surface area contributed by atoms with Crippen LogP contribution in [-0.4, -0.2) is 54.1 Å². The van der Waals surface area contributed by atoms with Crippen molar-refractivity contribution in [1.29, 1.82) is 0 Å². The lowest BCUT2D eigenvalue weighted by atomic mass is 10.0. The third-order valence-corrected chi connectivity index (χ3v) is 3.98. The van der Waals surface area contributed by atoms with Gasteiger partial charge in [-0.05, 0) is 25.7 Å². The van der Waals surface area contributed by atoms with Crippen LogP contribution >= 0.6 is 0 Å². The molecule has 0 aromatic carbocycles. The summed E-state index contributed by atoms with van der Waals surface area (Å²) in [6.45, 7) is 7.44. The third kappa shape index (κ3) is 9.94. The maximum atomic E-state index is 12.3. The third-order valence-electron chi connectivity index (χ3n) is 3.98. The zero-order chi connectivity index (χ0) is 19.6. The van der Waals surface area contributed by atoms with E-state index in [1.54, 1.807) is 0 Å². The number of halogens is 1. The monoisotopic (exact) mass is 394 g/mol. The lowest BCUT2D eigenvalue weighted by Crippen LogP contribution is -3.00. The Balaban J connectivity index is 0. The van der Waals surface area contributed by atoms with Crippen molar-refractivity contribution >= 4 is 17.7 Å². The molecule has 0 radical (unpaired) electrons. The van der Waals surface area contributed by atoms with Gasteiger partial charge in [-0.25, -0.2) is 0 Å². The number of carbonyl (C=O) groups excluding carboxylic acids is 3. The second-order valence-corrected chi connectivity index (χ2v) is 6.88. The van der Waals surface area contributed by atoms with E-state index in [0.29, 0.717) is 12.8 Å². The molecule has 26 heavy (non-hydrogen) atoms. The first-order valence-corrected chi connectivity index (χ1v) is 8.97. The maximum Gasteiger partial charge on any atom is 0.255 e. The first kappa shape index (κ1) is 26.8. The number of aliphatic hydroxyl groups excluding tert-OH is 1. The molecule has 0 saturated heterocycles. The van der Waals surface area contributed by atoms with Crippen molar-refractivity contribution in [3.8, 4) is 0 Å². The van der Waals surface area contributed by atoms with E-state index in [-0.39, 0.29) is 24.2 Å². The smallest absolute Gasteiger partial charge is 0.255 e. The van der Waals surface area contributed by atoms with Crippen LogP contribution in [0.1, 0.15) is 53.4 Å². The molecule has 0 saturated carbocycles. The summed E-state index contributed by atoms with van der Waals surface area (Å²) in [6.07, 6.45) is 1.70. The van der Waals surface area contributed by atoms with Gasteiger partial charge in [-0.3, -0.25) is 14.4 Å². The molecular weight excluding hydrogens is 360 g/mol. The van der Waals surface area contributed by atoms with Gasteiger partial charge in [-0.15, -0.1) is 0 Å². The Morgan fingerprint density at radius 1 is 1.04 bits per heavy atom. The van der Waals surface area contributed by atoms with E-state index in [4.69, 9.17) is 0 Å². The number of amides is 3. The summed E-state index contributed by atoms with van der Waals surface area (Å²) in [5.41, 5.74) is 3.80. The van der Waals surface area contributed by atoms with E-state index < -0.39 is 36.0 Å². The standard InChI is InChI=1S/C17H34N4O4.ClH/c1-6-7-8-12(18)14(22)17(25)20-11(4)15(23)21-13(9-10(2)3)16(24)19-5;/h10-14,22H,6-9,18H2,1-5H3,(H,19,24)(H,20,25)(H,21,23);1H/t11-,12+,13-,14-;/m0./s1. The zero-order valence-electron chi connectivity index (χ0n) is 16.5. The molecule has 0 aliphatic rings. The molecule has 0 heterocycles. The Labute approximate surface area is 162 Å². The van der Waals surface area contributed by atoms with Crippen LogP contribution in [0.2, 0.25) is 0 Å². The summed E-state index contributed by atoms with van der Waals surface area (Å²) in [6, 6.07) is -1.94. The van der Waals surface area contributed by atoms with Crippen molar-refractivity contribution in [3.63, 3.8) is 0 Å². The van der Waals surface area contributed by atoms with Gasteiger partial charge in [0.25, 0.3) is 5.91 Å². The highest BCUT2D eigenvalue weighted by Gasteiger charge is 2.29. The van der Waals surface area contributed by atoms with Gasteiger partial charge in [0.15, 0.2) is 6.10 Å². The summed E-state index contributed by atoms with van der Waals surface area (Å²) in [5.74, 6) is -1.15.